The number of hydrogen-bond donors (Lipinski definition) is 1. The van der Waals surface area contributed by atoms with Crippen LogP contribution in [0.5, 0.6) is 0 Å². The Morgan fingerprint density at radius 2 is 1.95 bits per heavy atom. The van der Waals surface area contributed by atoms with Gasteiger partial charge in [-0.2, -0.15) is 0 Å². The summed E-state index contributed by atoms with van der Waals surface area (Å²) in [5.74, 6) is 0. The molecule has 1 heterocycles. The fourth-order valence-corrected chi connectivity index (χ4v) is 3.20. The Hall–Kier alpha value is -1.09. The summed E-state index contributed by atoms with van der Waals surface area (Å²) < 4.78 is 0. The standard InChI is InChI=1S/C18H31N3/c1-5-21(16-9-7-6-8-10-16)17-14-19-12-11-15(17)13-20-18(2,3)4/h11-12,14,16,20H,5-10,13H2,1-4H3. The van der Waals surface area contributed by atoms with E-state index < -0.39 is 0 Å². The molecular weight excluding hydrogens is 258 g/mol. The second-order valence-electron chi connectivity index (χ2n) is 7.19. The molecule has 0 saturated heterocycles. The van der Waals surface area contributed by atoms with Gasteiger partial charge in [-0.05, 0) is 52.2 Å². The molecule has 0 atom stereocenters. The van der Waals surface area contributed by atoms with Crippen molar-refractivity contribution in [2.75, 3.05) is 11.4 Å². The molecule has 0 unspecified atom stereocenters. The maximum Gasteiger partial charge on any atom is 0.0600 e. The van der Waals surface area contributed by atoms with E-state index in [0.29, 0.717) is 6.04 Å². The lowest BCUT2D eigenvalue weighted by molar-refractivity contribution is 0.412. The minimum absolute atomic E-state index is 0.141. The summed E-state index contributed by atoms with van der Waals surface area (Å²) in [5.41, 5.74) is 2.83. The maximum absolute atomic E-state index is 4.38. The largest absolute Gasteiger partial charge is 0.367 e. The molecule has 0 amide bonds. The van der Waals surface area contributed by atoms with Crippen molar-refractivity contribution in [2.24, 2.45) is 0 Å². The van der Waals surface area contributed by atoms with Crippen LogP contribution >= 0.6 is 0 Å². The summed E-state index contributed by atoms with van der Waals surface area (Å²) >= 11 is 0. The predicted molar refractivity (Wildman–Crippen MR) is 90.7 cm³/mol. The molecule has 1 aliphatic rings. The van der Waals surface area contributed by atoms with Crippen molar-refractivity contribution in [3.8, 4) is 0 Å². The molecule has 3 heteroatoms. The quantitative estimate of drug-likeness (QED) is 0.883. The molecule has 1 aromatic rings. The fourth-order valence-electron chi connectivity index (χ4n) is 3.20. The van der Waals surface area contributed by atoms with E-state index in [1.165, 1.54) is 43.4 Å². The van der Waals surface area contributed by atoms with Crippen LogP contribution in [0.25, 0.3) is 0 Å². The molecule has 1 aliphatic carbocycles. The first-order valence-electron chi connectivity index (χ1n) is 8.46. The van der Waals surface area contributed by atoms with Crippen molar-refractivity contribution in [1.82, 2.24) is 10.3 Å². The molecule has 21 heavy (non-hydrogen) atoms. The van der Waals surface area contributed by atoms with Crippen molar-refractivity contribution in [3.63, 3.8) is 0 Å². The average Bonchev–Trinajstić information content (AvgIpc) is 2.47. The second-order valence-corrected chi connectivity index (χ2v) is 7.19. The van der Waals surface area contributed by atoms with Gasteiger partial charge in [0.15, 0.2) is 0 Å². The SMILES string of the molecule is CCN(c1cnccc1CNC(C)(C)C)C1CCCCC1. The number of hydrogen-bond acceptors (Lipinski definition) is 3. The van der Waals surface area contributed by atoms with Crippen LogP contribution in [-0.2, 0) is 6.54 Å². The summed E-state index contributed by atoms with van der Waals surface area (Å²) in [6.45, 7) is 10.9. The lowest BCUT2D eigenvalue weighted by Crippen LogP contribution is -2.39. The van der Waals surface area contributed by atoms with Crippen molar-refractivity contribution < 1.29 is 0 Å². The Labute approximate surface area is 130 Å². The zero-order chi connectivity index (χ0) is 15.3. The molecule has 0 radical (unpaired) electrons. The zero-order valence-electron chi connectivity index (χ0n) is 14.2. The molecule has 1 saturated carbocycles. The molecule has 0 bridgehead atoms. The molecule has 2 rings (SSSR count). The van der Waals surface area contributed by atoms with Crippen LogP contribution in [0.1, 0.15) is 65.4 Å². The second kappa shape index (κ2) is 7.26. The Bertz CT molecular complexity index is 430. The van der Waals surface area contributed by atoms with Gasteiger partial charge in [0, 0.05) is 30.9 Å². The summed E-state index contributed by atoms with van der Waals surface area (Å²) in [6.07, 6.45) is 10.8. The zero-order valence-corrected chi connectivity index (χ0v) is 14.2. The lowest BCUT2D eigenvalue weighted by Gasteiger charge is -2.36. The summed E-state index contributed by atoms with van der Waals surface area (Å²) in [7, 11) is 0. The number of aromatic nitrogens is 1. The van der Waals surface area contributed by atoms with Gasteiger partial charge in [0.25, 0.3) is 0 Å². The Morgan fingerprint density at radius 1 is 1.24 bits per heavy atom. The summed E-state index contributed by atoms with van der Waals surface area (Å²) in [4.78, 5) is 6.96. The number of nitrogens with one attached hydrogen (secondary N) is 1. The van der Waals surface area contributed by atoms with Gasteiger partial charge in [0.1, 0.15) is 0 Å². The highest BCUT2D eigenvalue weighted by Gasteiger charge is 2.22. The minimum atomic E-state index is 0.141. The van der Waals surface area contributed by atoms with Crippen LogP contribution in [0.15, 0.2) is 18.5 Å². The van der Waals surface area contributed by atoms with Crippen LogP contribution in [0.2, 0.25) is 0 Å². The first kappa shape index (κ1) is 16.3. The van der Waals surface area contributed by atoms with Crippen molar-refractivity contribution in [1.29, 1.82) is 0 Å². The van der Waals surface area contributed by atoms with Crippen LogP contribution in [0.3, 0.4) is 0 Å². The highest BCUT2D eigenvalue weighted by molar-refractivity contribution is 5.52. The summed E-state index contributed by atoms with van der Waals surface area (Å²) in [6, 6.07) is 2.86. The van der Waals surface area contributed by atoms with Gasteiger partial charge in [-0.3, -0.25) is 4.98 Å². The van der Waals surface area contributed by atoms with Gasteiger partial charge in [-0.15, -0.1) is 0 Å². The van der Waals surface area contributed by atoms with E-state index in [1.54, 1.807) is 0 Å². The normalized spacial score (nSPS) is 17.0. The molecule has 0 spiro atoms. The number of rotatable bonds is 5. The predicted octanol–water partition coefficient (Wildman–Crippen LogP) is 4.13. The van der Waals surface area contributed by atoms with Crippen LogP contribution in [-0.4, -0.2) is 23.1 Å². The first-order valence-corrected chi connectivity index (χ1v) is 8.46. The summed E-state index contributed by atoms with van der Waals surface area (Å²) in [5, 5.41) is 3.61. The van der Waals surface area contributed by atoms with Gasteiger partial charge in [0.2, 0.25) is 0 Å². The van der Waals surface area contributed by atoms with E-state index in [-0.39, 0.29) is 5.54 Å². The molecule has 1 fully saturated rings. The first-order chi connectivity index (χ1) is 10.0. The van der Waals surface area contributed by atoms with Crippen molar-refractivity contribution in [2.45, 2.75) is 77.9 Å². The third kappa shape index (κ3) is 4.70. The van der Waals surface area contributed by atoms with E-state index in [9.17, 15) is 0 Å². The number of pyridine rings is 1. The average molecular weight is 289 g/mol. The molecule has 0 aliphatic heterocycles. The van der Waals surface area contributed by atoms with E-state index in [2.05, 4.69) is 55.2 Å². The van der Waals surface area contributed by atoms with Crippen molar-refractivity contribution in [3.05, 3.63) is 24.0 Å². The van der Waals surface area contributed by atoms with Gasteiger partial charge >= 0.3 is 0 Å². The number of anilines is 1. The molecule has 0 aromatic carbocycles. The van der Waals surface area contributed by atoms with Crippen molar-refractivity contribution >= 4 is 5.69 Å². The van der Waals surface area contributed by atoms with Gasteiger partial charge < -0.3 is 10.2 Å². The highest BCUT2D eigenvalue weighted by atomic mass is 15.2. The third-order valence-electron chi connectivity index (χ3n) is 4.36. The maximum atomic E-state index is 4.38. The number of nitrogens with zero attached hydrogens (tertiary/aromatic N) is 2. The Balaban J connectivity index is 2.16. The molecule has 1 aromatic heterocycles. The van der Waals surface area contributed by atoms with Crippen LogP contribution < -0.4 is 10.2 Å². The van der Waals surface area contributed by atoms with E-state index >= 15 is 0 Å². The Morgan fingerprint density at radius 3 is 2.57 bits per heavy atom. The highest BCUT2D eigenvalue weighted by Crippen LogP contribution is 2.29. The smallest absolute Gasteiger partial charge is 0.0600 e. The van der Waals surface area contributed by atoms with Gasteiger partial charge in [0.05, 0.1) is 11.9 Å². The minimum Gasteiger partial charge on any atom is -0.367 e. The monoisotopic (exact) mass is 289 g/mol. The van der Waals surface area contributed by atoms with E-state index in [1.807, 2.05) is 6.20 Å². The molecule has 1 N–H and O–H groups in total. The fraction of sp³-hybridized carbons (Fsp3) is 0.722. The van der Waals surface area contributed by atoms with E-state index in [0.717, 1.165) is 13.1 Å². The van der Waals surface area contributed by atoms with Gasteiger partial charge in [-0.25, -0.2) is 0 Å². The molecule has 3 nitrogen and oxygen atoms in total. The van der Waals surface area contributed by atoms with E-state index in [4.69, 9.17) is 0 Å². The van der Waals surface area contributed by atoms with Gasteiger partial charge in [-0.1, -0.05) is 19.3 Å². The lowest BCUT2D eigenvalue weighted by atomic mass is 9.93. The topological polar surface area (TPSA) is 28.2 Å². The molecular formula is C18H31N3. The van der Waals surface area contributed by atoms with Crippen LogP contribution in [0, 0.1) is 0 Å². The Kier molecular flexibility index (Phi) is 5.63. The third-order valence-corrected chi connectivity index (χ3v) is 4.36. The van der Waals surface area contributed by atoms with Crippen LogP contribution in [0.4, 0.5) is 5.69 Å². The molecule has 118 valence electrons.